The summed E-state index contributed by atoms with van der Waals surface area (Å²) in [6, 6.07) is 46.2. The van der Waals surface area contributed by atoms with Gasteiger partial charge in [0.05, 0.1) is 19.6 Å². The summed E-state index contributed by atoms with van der Waals surface area (Å²) in [5.41, 5.74) is 0. The number of nitrogens with zero attached hydrogens (tertiary/aromatic N) is 2. The normalized spacial score (nSPS) is 12.9. The zero-order chi connectivity index (χ0) is 41.4. The second-order valence-electron chi connectivity index (χ2n) is 14.1. The highest BCUT2D eigenvalue weighted by Gasteiger charge is 2.38. The Labute approximate surface area is 344 Å². The number of unbranched alkanes of at least 4 members (excludes halogenated alkanes) is 2. The van der Waals surface area contributed by atoms with Crippen molar-refractivity contribution in [2.75, 3.05) is 13.1 Å². The molecule has 8 aromatic rings. The van der Waals surface area contributed by atoms with Gasteiger partial charge in [-0.25, -0.2) is 33.7 Å². The van der Waals surface area contributed by atoms with Crippen LogP contribution >= 0.6 is 0 Å². The molecule has 0 saturated carbocycles. The van der Waals surface area contributed by atoms with E-state index < -0.39 is 53.2 Å². The van der Waals surface area contributed by atoms with Crippen molar-refractivity contribution in [3.8, 4) is 0 Å². The van der Waals surface area contributed by atoms with Crippen LogP contribution in [-0.2, 0) is 40.1 Å². The minimum Gasteiger partial charge on any atom is -0.206 e. The first kappa shape index (κ1) is 40.3. The Morgan fingerprint density at radius 1 is 0.271 bits per heavy atom. The molecule has 0 atom stereocenters. The molecule has 300 valence electrons. The SMILES string of the molecule is O=S(=O)(c1ccc2ccccc2c1)N(CCCCCN(S(=O)(=O)c1ccc2ccccc2c1)S(=O)(=O)c1ccc2ccccc2c1)S(=O)(=O)c1ccc2ccccc2c1. The molecule has 10 nitrogen and oxygen atoms in total. The van der Waals surface area contributed by atoms with E-state index in [2.05, 4.69) is 0 Å². The molecular weight excluding hydrogens is 825 g/mol. The summed E-state index contributed by atoms with van der Waals surface area (Å²) >= 11 is 0. The average molecular weight is 863 g/mol. The summed E-state index contributed by atoms with van der Waals surface area (Å²) < 4.78 is 116. The van der Waals surface area contributed by atoms with E-state index in [9.17, 15) is 33.7 Å². The molecule has 0 aliphatic heterocycles. The molecular formula is C45H38N2O8S4. The molecule has 0 N–H and O–H groups in total. The minimum atomic E-state index is -4.67. The molecule has 14 heteroatoms. The van der Waals surface area contributed by atoms with Gasteiger partial charge in [-0.3, -0.25) is 0 Å². The van der Waals surface area contributed by atoms with Crippen LogP contribution in [0.2, 0.25) is 0 Å². The molecule has 0 spiro atoms. The van der Waals surface area contributed by atoms with Gasteiger partial charge in [-0.15, -0.1) is 0 Å². The quantitative estimate of drug-likeness (QED) is 0.0987. The summed E-state index contributed by atoms with van der Waals surface area (Å²) in [5.74, 6) is 0. The van der Waals surface area contributed by atoms with Gasteiger partial charge in [0.15, 0.2) is 0 Å². The predicted molar refractivity (Wildman–Crippen MR) is 232 cm³/mol. The maximum Gasteiger partial charge on any atom is 0.256 e. The maximum atomic E-state index is 14.4. The van der Waals surface area contributed by atoms with Gasteiger partial charge >= 0.3 is 0 Å². The topological polar surface area (TPSA) is 143 Å². The van der Waals surface area contributed by atoms with Crippen molar-refractivity contribution in [2.24, 2.45) is 0 Å². The summed E-state index contributed by atoms with van der Waals surface area (Å²) in [6.07, 6.45) is -0.00697. The third kappa shape index (κ3) is 7.87. The molecule has 0 heterocycles. The van der Waals surface area contributed by atoms with Crippen LogP contribution in [0.1, 0.15) is 19.3 Å². The Kier molecular flexibility index (Phi) is 10.9. The van der Waals surface area contributed by atoms with E-state index in [1.54, 1.807) is 72.8 Å². The average Bonchev–Trinajstić information content (AvgIpc) is 3.25. The van der Waals surface area contributed by atoms with Crippen LogP contribution in [0.5, 0.6) is 0 Å². The Bertz CT molecular complexity index is 2910. The number of hydrogen-bond acceptors (Lipinski definition) is 8. The van der Waals surface area contributed by atoms with Crippen LogP contribution in [0.3, 0.4) is 0 Å². The molecule has 0 radical (unpaired) electrons. The van der Waals surface area contributed by atoms with Crippen molar-refractivity contribution >= 4 is 83.2 Å². The van der Waals surface area contributed by atoms with Crippen molar-refractivity contribution < 1.29 is 33.7 Å². The largest absolute Gasteiger partial charge is 0.256 e. The third-order valence-electron chi connectivity index (χ3n) is 10.3. The molecule has 0 aromatic heterocycles. The van der Waals surface area contributed by atoms with Gasteiger partial charge in [0, 0.05) is 13.1 Å². The molecule has 59 heavy (non-hydrogen) atoms. The van der Waals surface area contributed by atoms with Crippen molar-refractivity contribution in [1.82, 2.24) is 7.42 Å². The molecule has 0 amide bonds. The van der Waals surface area contributed by atoms with E-state index in [0.29, 0.717) is 29.0 Å². The number of sulfonamides is 4. The predicted octanol–water partition coefficient (Wildman–Crippen LogP) is 8.93. The first-order valence-corrected chi connectivity index (χ1v) is 24.5. The van der Waals surface area contributed by atoms with Crippen LogP contribution in [0.4, 0.5) is 0 Å². The maximum absolute atomic E-state index is 14.4. The standard InChI is InChI=1S/C45H38N2O8S4/c48-56(49,42-24-20-34-12-2-6-16-38(34)30-42)46(57(50,51)43-25-21-35-13-3-7-17-39(35)31-43)28-10-1-11-29-47(58(52,53)44-26-22-36-14-4-8-18-40(36)32-44)59(54,55)45-27-23-37-15-5-9-19-41(37)33-45/h2-9,12-27,30-33H,1,10-11,28-29H2. The molecule has 0 aliphatic rings. The monoisotopic (exact) mass is 862 g/mol. The Balaban J connectivity index is 1.10. The molecule has 0 unspecified atom stereocenters. The number of benzene rings is 8. The van der Waals surface area contributed by atoms with Gasteiger partial charge in [0.1, 0.15) is 0 Å². The molecule has 0 fully saturated rings. The van der Waals surface area contributed by atoms with E-state index in [4.69, 9.17) is 0 Å². The Morgan fingerprint density at radius 3 is 0.729 bits per heavy atom. The highest BCUT2D eigenvalue weighted by Crippen LogP contribution is 2.32. The fourth-order valence-electron chi connectivity index (χ4n) is 7.18. The van der Waals surface area contributed by atoms with E-state index >= 15 is 0 Å². The first-order valence-electron chi connectivity index (χ1n) is 18.8. The lowest BCUT2D eigenvalue weighted by atomic mass is 10.1. The number of hydrogen-bond donors (Lipinski definition) is 0. The molecule has 8 rings (SSSR count). The summed E-state index contributed by atoms with van der Waals surface area (Å²) in [6.45, 7) is -0.974. The smallest absolute Gasteiger partial charge is 0.206 e. The summed E-state index contributed by atoms with van der Waals surface area (Å²) in [4.78, 5) is -0.853. The molecule has 0 bridgehead atoms. The van der Waals surface area contributed by atoms with Gasteiger partial charge in [-0.05, 0) is 104 Å². The Morgan fingerprint density at radius 2 is 0.492 bits per heavy atom. The first-order chi connectivity index (χ1) is 28.3. The van der Waals surface area contributed by atoms with Gasteiger partial charge < -0.3 is 0 Å². The minimum absolute atomic E-state index is 0.0422. The zero-order valence-electron chi connectivity index (χ0n) is 31.5. The van der Waals surface area contributed by atoms with E-state index in [1.165, 1.54) is 48.5 Å². The molecule has 8 aromatic carbocycles. The van der Waals surface area contributed by atoms with Crippen molar-refractivity contribution in [1.29, 1.82) is 0 Å². The Hall–Kier alpha value is -5.48. The second kappa shape index (κ2) is 15.9. The zero-order valence-corrected chi connectivity index (χ0v) is 34.8. The second-order valence-corrected chi connectivity index (χ2v) is 22.0. The van der Waals surface area contributed by atoms with E-state index in [-0.39, 0.29) is 38.8 Å². The third-order valence-corrected chi connectivity index (χ3v) is 19.0. The van der Waals surface area contributed by atoms with Gasteiger partial charge in [-0.2, -0.15) is 0 Å². The summed E-state index contributed by atoms with van der Waals surface area (Å²) in [7, 11) is -18.7. The summed E-state index contributed by atoms with van der Waals surface area (Å²) in [5, 5.41) is 5.53. The highest BCUT2D eigenvalue weighted by molar-refractivity contribution is 8.04. The van der Waals surface area contributed by atoms with Gasteiger partial charge in [0.2, 0.25) is 0 Å². The highest BCUT2D eigenvalue weighted by atomic mass is 32.3. The van der Waals surface area contributed by atoms with Crippen molar-refractivity contribution in [3.63, 3.8) is 0 Å². The van der Waals surface area contributed by atoms with Crippen LogP contribution in [0.25, 0.3) is 43.1 Å². The van der Waals surface area contributed by atoms with Crippen LogP contribution in [0.15, 0.2) is 189 Å². The lowest BCUT2D eigenvalue weighted by Crippen LogP contribution is -2.38. The molecule has 0 aliphatic carbocycles. The van der Waals surface area contributed by atoms with Gasteiger partial charge in [-0.1, -0.05) is 135 Å². The number of rotatable bonds is 14. The van der Waals surface area contributed by atoms with Crippen molar-refractivity contribution in [3.05, 3.63) is 170 Å². The van der Waals surface area contributed by atoms with Crippen LogP contribution in [0, 0.1) is 0 Å². The van der Waals surface area contributed by atoms with E-state index in [1.807, 2.05) is 48.5 Å². The number of fused-ring (bicyclic) bond motifs is 4. The van der Waals surface area contributed by atoms with Crippen molar-refractivity contribution in [2.45, 2.75) is 38.8 Å². The van der Waals surface area contributed by atoms with E-state index in [0.717, 1.165) is 21.5 Å². The van der Waals surface area contributed by atoms with Crippen LogP contribution in [-0.4, -0.2) is 54.2 Å². The lowest BCUT2D eigenvalue weighted by molar-refractivity contribution is 0.466. The fraction of sp³-hybridized carbons (Fsp3) is 0.111. The van der Waals surface area contributed by atoms with Crippen LogP contribution < -0.4 is 0 Å². The van der Waals surface area contributed by atoms with Gasteiger partial charge in [0.25, 0.3) is 40.1 Å². The lowest BCUT2D eigenvalue weighted by Gasteiger charge is -2.24. The molecule has 0 saturated heterocycles. The fourth-order valence-corrected chi connectivity index (χ4v) is 14.8.